The van der Waals surface area contributed by atoms with E-state index in [2.05, 4.69) is 32.4 Å². The van der Waals surface area contributed by atoms with Crippen LogP contribution in [0.5, 0.6) is 0 Å². The molecule has 1 amide bonds. The number of carbonyl (C=O) groups is 1. The summed E-state index contributed by atoms with van der Waals surface area (Å²) in [4.78, 5) is 25.6. The van der Waals surface area contributed by atoms with Crippen molar-refractivity contribution in [3.63, 3.8) is 0 Å². The highest BCUT2D eigenvalue weighted by Gasteiger charge is 2.24. The van der Waals surface area contributed by atoms with Crippen LogP contribution in [0.2, 0.25) is 0 Å². The first kappa shape index (κ1) is 19.6. The monoisotopic (exact) mass is 470 g/mol. The summed E-state index contributed by atoms with van der Waals surface area (Å²) in [7, 11) is 0. The third-order valence-electron chi connectivity index (χ3n) is 6.10. The lowest BCUT2D eigenvalue weighted by molar-refractivity contribution is -0.113. The van der Waals surface area contributed by atoms with Crippen molar-refractivity contribution in [3.8, 4) is 0 Å². The molecule has 160 valence electrons. The molecule has 0 bridgehead atoms. The Morgan fingerprint density at radius 2 is 2.13 bits per heavy atom. The van der Waals surface area contributed by atoms with Crippen molar-refractivity contribution in [2.45, 2.75) is 57.0 Å². The number of thiophene rings is 1. The Bertz CT molecular complexity index is 1280. The Labute approximate surface area is 191 Å². The van der Waals surface area contributed by atoms with Crippen LogP contribution in [-0.4, -0.2) is 36.2 Å². The van der Waals surface area contributed by atoms with Crippen molar-refractivity contribution in [2.75, 3.05) is 11.1 Å². The van der Waals surface area contributed by atoms with Crippen LogP contribution in [0.3, 0.4) is 0 Å². The minimum absolute atomic E-state index is 0.0659. The Balaban J connectivity index is 1.21. The van der Waals surface area contributed by atoms with E-state index in [1.165, 1.54) is 46.3 Å². The predicted molar refractivity (Wildman–Crippen MR) is 125 cm³/mol. The topological polar surface area (TPSA) is 85.1 Å². The minimum atomic E-state index is -0.0659. The fraction of sp³-hybridized carbons (Fsp3) is 0.476. The van der Waals surface area contributed by atoms with Crippen LogP contribution in [0.1, 0.15) is 47.2 Å². The zero-order valence-electron chi connectivity index (χ0n) is 17.2. The molecule has 2 aliphatic carbocycles. The van der Waals surface area contributed by atoms with Gasteiger partial charge in [-0.1, -0.05) is 18.7 Å². The zero-order chi connectivity index (χ0) is 20.9. The number of aryl methyl sites for hydroxylation is 3. The summed E-state index contributed by atoms with van der Waals surface area (Å²) in [6.45, 7) is 2.31. The lowest BCUT2D eigenvalue weighted by Gasteiger charge is -2.17. The van der Waals surface area contributed by atoms with Crippen LogP contribution >= 0.6 is 34.4 Å². The van der Waals surface area contributed by atoms with Crippen LogP contribution in [0, 0.1) is 5.92 Å². The number of anilines is 1. The van der Waals surface area contributed by atoms with E-state index < -0.39 is 0 Å². The first-order valence-corrected chi connectivity index (χ1v) is 13.3. The smallest absolute Gasteiger partial charge is 0.236 e. The molecule has 0 spiro atoms. The number of rotatable bonds is 4. The van der Waals surface area contributed by atoms with Crippen molar-refractivity contribution < 1.29 is 4.79 Å². The van der Waals surface area contributed by atoms with E-state index in [-0.39, 0.29) is 11.7 Å². The maximum absolute atomic E-state index is 12.5. The highest BCUT2D eigenvalue weighted by Crippen LogP contribution is 2.39. The summed E-state index contributed by atoms with van der Waals surface area (Å²) in [5, 5.41) is 14.3. The maximum Gasteiger partial charge on any atom is 0.236 e. The van der Waals surface area contributed by atoms with Gasteiger partial charge in [0.1, 0.15) is 11.2 Å². The van der Waals surface area contributed by atoms with Crippen molar-refractivity contribution in [1.82, 2.24) is 24.6 Å². The number of thioether (sulfide) groups is 1. The summed E-state index contributed by atoms with van der Waals surface area (Å²) in [6.07, 6.45) is 9.70. The average molecular weight is 471 g/mol. The predicted octanol–water partition coefficient (Wildman–Crippen LogP) is 4.53. The van der Waals surface area contributed by atoms with Gasteiger partial charge in [0.15, 0.2) is 15.9 Å². The van der Waals surface area contributed by atoms with E-state index in [9.17, 15) is 4.79 Å². The van der Waals surface area contributed by atoms with Gasteiger partial charge in [-0.15, -0.1) is 32.9 Å². The summed E-state index contributed by atoms with van der Waals surface area (Å²) in [5.41, 5.74) is 3.41. The lowest BCUT2D eigenvalue weighted by atomic mass is 9.89. The van der Waals surface area contributed by atoms with E-state index >= 15 is 0 Å². The SMILES string of the molecule is CC1CCc2c(sc3ncn4c(SCC(=O)Nc5nc6c(s5)CCCC6)nnc4c23)C1. The number of nitrogens with one attached hydrogen (secondary N) is 1. The van der Waals surface area contributed by atoms with Crippen LogP contribution in [-0.2, 0) is 30.5 Å². The van der Waals surface area contributed by atoms with E-state index in [4.69, 9.17) is 0 Å². The highest BCUT2D eigenvalue weighted by molar-refractivity contribution is 7.99. The van der Waals surface area contributed by atoms with Crippen LogP contribution in [0.15, 0.2) is 11.5 Å². The van der Waals surface area contributed by atoms with Crippen LogP contribution in [0.4, 0.5) is 5.13 Å². The molecule has 0 saturated carbocycles. The molecular formula is C21H22N6OS3. The van der Waals surface area contributed by atoms with Crippen molar-refractivity contribution >= 4 is 61.3 Å². The highest BCUT2D eigenvalue weighted by atomic mass is 32.2. The molecule has 4 heterocycles. The summed E-state index contributed by atoms with van der Waals surface area (Å²) in [5.74, 6) is 0.925. The number of thiazole rings is 1. The molecule has 6 rings (SSSR count). The van der Waals surface area contributed by atoms with E-state index in [1.807, 2.05) is 4.40 Å². The number of amides is 1. The molecule has 7 nitrogen and oxygen atoms in total. The minimum Gasteiger partial charge on any atom is -0.301 e. The molecular weight excluding hydrogens is 448 g/mol. The molecule has 0 aliphatic heterocycles. The Hall–Kier alpha value is -2.04. The van der Waals surface area contributed by atoms with Gasteiger partial charge in [-0.3, -0.25) is 9.20 Å². The third kappa shape index (κ3) is 3.54. The molecule has 0 saturated heterocycles. The van der Waals surface area contributed by atoms with Crippen molar-refractivity contribution in [3.05, 3.63) is 27.3 Å². The molecule has 1 N–H and O–H groups in total. The molecule has 10 heteroatoms. The fourth-order valence-corrected chi connectivity index (χ4v) is 7.62. The first-order chi connectivity index (χ1) is 15.2. The standard InChI is InChI=1S/C21H22N6OS3/c1-11-6-7-12-15(8-11)30-19-17(12)18-25-26-21(27(18)10-22-19)29-9-16(28)24-20-23-13-4-2-3-5-14(13)31-20/h10-11H,2-9H2,1H3,(H,23,24,28). The van der Waals surface area contributed by atoms with Gasteiger partial charge in [0.2, 0.25) is 5.91 Å². The second-order valence-electron chi connectivity index (χ2n) is 8.39. The van der Waals surface area contributed by atoms with Gasteiger partial charge in [0, 0.05) is 9.75 Å². The largest absolute Gasteiger partial charge is 0.301 e. The molecule has 4 aromatic rings. The van der Waals surface area contributed by atoms with Crippen LogP contribution in [0.25, 0.3) is 15.9 Å². The average Bonchev–Trinajstić information content (AvgIpc) is 3.45. The zero-order valence-corrected chi connectivity index (χ0v) is 19.6. The van der Waals surface area contributed by atoms with Gasteiger partial charge >= 0.3 is 0 Å². The lowest BCUT2D eigenvalue weighted by Crippen LogP contribution is -2.14. The van der Waals surface area contributed by atoms with E-state index in [1.54, 1.807) is 29.0 Å². The number of fused-ring (bicyclic) bond motifs is 6. The summed E-state index contributed by atoms with van der Waals surface area (Å²) >= 11 is 4.79. The number of hydrogen-bond donors (Lipinski definition) is 1. The van der Waals surface area contributed by atoms with Gasteiger partial charge in [-0.25, -0.2) is 9.97 Å². The summed E-state index contributed by atoms with van der Waals surface area (Å²) in [6, 6.07) is 0. The van der Waals surface area contributed by atoms with Gasteiger partial charge in [0.05, 0.1) is 16.8 Å². The molecule has 2 aliphatic rings. The van der Waals surface area contributed by atoms with E-state index in [0.717, 1.165) is 53.2 Å². The Kier molecular flexibility index (Phi) is 4.96. The molecule has 0 radical (unpaired) electrons. The summed E-state index contributed by atoms with van der Waals surface area (Å²) < 4.78 is 1.92. The number of carbonyl (C=O) groups excluding carboxylic acids is 1. The quantitative estimate of drug-likeness (QED) is 0.441. The normalized spacial score (nSPS) is 18.3. The van der Waals surface area contributed by atoms with Crippen LogP contribution < -0.4 is 5.32 Å². The van der Waals surface area contributed by atoms with Crippen molar-refractivity contribution in [2.24, 2.45) is 5.92 Å². The van der Waals surface area contributed by atoms with Gasteiger partial charge in [-0.2, -0.15) is 0 Å². The third-order valence-corrected chi connectivity index (χ3v) is 9.27. The molecule has 0 fully saturated rings. The number of nitrogens with zero attached hydrogens (tertiary/aromatic N) is 5. The second kappa shape index (κ2) is 7.83. The second-order valence-corrected chi connectivity index (χ2v) is 11.5. The maximum atomic E-state index is 12.5. The van der Waals surface area contributed by atoms with E-state index in [0.29, 0.717) is 10.3 Å². The van der Waals surface area contributed by atoms with Crippen molar-refractivity contribution in [1.29, 1.82) is 0 Å². The van der Waals surface area contributed by atoms with Gasteiger partial charge in [0.25, 0.3) is 0 Å². The number of aromatic nitrogens is 5. The fourth-order valence-electron chi connectivity index (χ4n) is 4.51. The molecule has 1 unspecified atom stereocenters. The molecule has 0 aromatic carbocycles. The van der Waals surface area contributed by atoms with Gasteiger partial charge < -0.3 is 5.32 Å². The first-order valence-electron chi connectivity index (χ1n) is 10.7. The van der Waals surface area contributed by atoms with Gasteiger partial charge in [-0.05, 0) is 56.4 Å². The Morgan fingerprint density at radius 3 is 3.03 bits per heavy atom. The molecule has 31 heavy (non-hydrogen) atoms. The number of hydrogen-bond acceptors (Lipinski definition) is 8. The Morgan fingerprint density at radius 1 is 1.23 bits per heavy atom. The molecule has 4 aromatic heterocycles. The molecule has 1 atom stereocenters.